The number of nitrogens with one attached hydrogen (secondary N) is 1. The largest absolute Gasteiger partial charge is 0.381 e. The molecule has 0 aliphatic heterocycles. The maximum absolute atomic E-state index is 11.9. The summed E-state index contributed by atoms with van der Waals surface area (Å²) < 4.78 is 1.45. The quantitative estimate of drug-likeness (QED) is 0.561. The number of nitrogens with two attached hydrogens (primary N) is 1. The van der Waals surface area contributed by atoms with Crippen molar-refractivity contribution in [3.05, 3.63) is 22.1 Å². The van der Waals surface area contributed by atoms with Crippen LogP contribution in [0.3, 0.4) is 0 Å². The SMILES string of the molecule is Cc1nc([N+](=O)[O-])cn1CC(=O)NC(CN)CC(C)C. The fourth-order valence-electron chi connectivity index (χ4n) is 1.95. The molecule has 1 heterocycles. The lowest BCUT2D eigenvalue weighted by molar-refractivity contribution is -0.389. The highest BCUT2D eigenvalue weighted by molar-refractivity contribution is 5.76. The van der Waals surface area contributed by atoms with E-state index in [4.69, 9.17) is 5.73 Å². The second kappa shape index (κ2) is 6.99. The average Bonchev–Trinajstić information content (AvgIpc) is 2.69. The third-order valence-electron chi connectivity index (χ3n) is 2.87. The molecule has 0 aromatic carbocycles. The molecule has 0 saturated carbocycles. The molecule has 0 bridgehead atoms. The van der Waals surface area contributed by atoms with Crippen LogP contribution in [0.4, 0.5) is 5.82 Å². The van der Waals surface area contributed by atoms with Crippen molar-refractivity contribution in [1.29, 1.82) is 0 Å². The summed E-state index contributed by atoms with van der Waals surface area (Å²) in [5.41, 5.74) is 5.61. The number of nitrogens with zero attached hydrogens (tertiary/aromatic N) is 3. The van der Waals surface area contributed by atoms with Crippen LogP contribution in [0.25, 0.3) is 0 Å². The van der Waals surface area contributed by atoms with Crippen LogP contribution in [-0.4, -0.2) is 33.0 Å². The summed E-state index contributed by atoms with van der Waals surface area (Å²) in [6.45, 7) is 6.10. The summed E-state index contributed by atoms with van der Waals surface area (Å²) in [7, 11) is 0. The van der Waals surface area contributed by atoms with Gasteiger partial charge >= 0.3 is 5.82 Å². The number of amides is 1. The molecule has 1 unspecified atom stereocenters. The molecule has 3 N–H and O–H groups in total. The van der Waals surface area contributed by atoms with Gasteiger partial charge < -0.3 is 21.2 Å². The molecular weight excluding hydrogens is 262 g/mol. The number of hydrogen-bond donors (Lipinski definition) is 2. The topological polar surface area (TPSA) is 116 Å². The van der Waals surface area contributed by atoms with E-state index in [1.807, 2.05) is 0 Å². The second-order valence-corrected chi connectivity index (χ2v) is 5.16. The Morgan fingerprint density at radius 1 is 1.60 bits per heavy atom. The molecule has 1 aromatic rings. The molecular formula is C12H21N5O3. The summed E-state index contributed by atoms with van der Waals surface area (Å²) in [4.78, 5) is 25.7. The van der Waals surface area contributed by atoms with Crippen LogP contribution in [0.5, 0.6) is 0 Å². The lowest BCUT2D eigenvalue weighted by atomic mass is 10.0. The smallest absolute Gasteiger partial charge is 0.358 e. The Labute approximate surface area is 117 Å². The van der Waals surface area contributed by atoms with Gasteiger partial charge in [-0.1, -0.05) is 13.8 Å². The number of aromatic nitrogens is 2. The summed E-state index contributed by atoms with van der Waals surface area (Å²) in [5.74, 6) is 0.379. The Kier molecular flexibility index (Phi) is 5.63. The monoisotopic (exact) mass is 283 g/mol. The highest BCUT2D eigenvalue weighted by Gasteiger charge is 2.18. The van der Waals surface area contributed by atoms with Crippen LogP contribution in [0, 0.1) is 23.0 Å². The second-order valence-electron chi connectivity index (χ2n) is 5.16. The number of nitro groups is 1. The number of imidazole rings is 1. The molecule has 1 rings (SSSR count). The number of carbonyl (C=O) groups excluding carboxylic acids is 1. The predicted molar refractivity (Wildman–Crippen MR) is 74.1 cm³/mol. The Morgan fingerprint density at radius 3 is 2.70 bits per heavy atom. The molecule has 1 atom stereocenters. The van der Waals surface area contributed by atoms with Crippen LogP contribution < -0.4 is 11.1 Å². The van der Waals surface area contributed by atoms with Crippen molar-refractivity contribution in [2.24, 2.45) is 11.7 Å². The van der Waals surface area contributed by atoms with Crippen LogP contribution >= 0.6 is 0 Å². The van der Waals surface area contributed by atoms with Gasteiger partial charge in [0, 0.05) is 19.5 Å². The molecule has 20 heavy (non-hydrogen) atoms. The maximum Gasteiger partial charge on any atom is 0.381 e. The maximum atomic E-state index is 11.9. The van der Waals surface area contributed by atoms with Gasteiger partial charge in [-0.15, -0.1) is 0 Å². The summed E-state index contributed by atoms with van der Waals surface area (Å²) in [6.07, 6.45) is 2.06. The third-order valence-corrected chi connectivity index (χ3v) is 2.87. The highest BCUT2D eigenvalue weighted by Crippen LogP contribution is 2.10. The number of aryl methyl sites for hydroxylation is 1. The molecule has 0 aliphatic rings. The minimum Gasteiger partial charge on any atom is -0.358 e. The van der Waals surface area contributed by atoms with Crippen molar-refractivity contribution in [1.82, 2.24) is 14.9 Å². The summed E-state index contributed by atoms with van der Waals surface area (Å²) >= 11 is 0. The van der Waals surface area contributed by atoms with E-state index in [1.54, 1.807) is 6.92 Å². The molecule has 1 amide bonds. The zero-order valence-electron chi connectivity index (χ0n) is 12.0. The van der Waals surface area contributed by atoms with Crippen molar-refractivity contribution in [2.45, 2.75) is 39.8 Å². The van der Waals surface area contributed by atoms with Crippen LogP contribution in [0.15, 0.2) is 6.20 Å². The number of hydrogen-bond acceptors (Lipinski definition) is 5. The number of carbonyl (C=O) groups is 1. The molecule has 0 fully saturated rings. The van der Waals surface area contributed by atoms with E-state index in [1.165, 1.54) is 10.8 Å². The lowest BCUT2D eigenvalue weighted by Crippen LogP contribution is -2.42. The fourth-order valence-corrected chi connectivity index (χ4v) is 1.95. The zero-order chi connectivity index (χ0) is 15.3. The molecule has 0 spiro atoms. The van der Waals surface area contributed by atoms with Crippen molar-refractivity contribution in [2.75, 3.05) is 6.54 Å². The van der Waals surface area contributed by atoms with Gasteiger partial charge in [-0.2, -0.15) is 0 Å². The average molecular weight is 283 g/mol. The normalized spacial score (nSPS) is 12.4. The van der Waals surface area contributed by atoms with Crippen molar-refractivity contribution in [3.63, 3.8) is 0 Å². The van der Waals surface area contributed by atoms with Crippen molar-refractivity contribution >= 4 is 11.7 Å². The van der Waals surface area contributed by atoms with Gasteiger partial charge in [-0.3, -0.25) is 9.36 Å². The first kappa shape index (κ1) is 16.1. The van der Waals surface area contributed by atoms with Gasteiger partial charge in [0.05, 0.1) is 0 Å². The Bertz CT molecular complexity index is 483. The molecule has 0 radical (unpaired) electrons. The van der Waals surface area contributed by atoms with E-state index in [0.29, 0.717) is 18.3 Å². The first-order chi connectivity index (χ1) is 9.33. The van der Waals surface area contributed by atoms with Gasteiger partial charge in [-0.05, 0) is 22.2 Å². The molecule has 0 aliphatic carbocycles. The van der Waals surface area contributed by atoms with E-state index in [9.17, 15) is 14.9 Å². The minimum absolute atomic E-state index is 0.00126. The van der Waals surface area contributed by atoms with E-state index in [2.05, 4.69) is 24.1 Å². The van der Waals surface area contributed by atoms with Crippen molar-refractivity contribution < 1.29 is 9.72 Å². The summed E-state index contributed by atoms with van der Waals surface area (Å²) in [5, 5.41) is 13.4. The van der Waals surface area contributed by atoms with E-state index < -0.39 is 4.92 Å². The molecule has 0 saturated heterocycles. The molecule has 112 valence electrons. The summed E-state index contributed by atoms with van der Waals surface area (Å²) in [6, 6.07) is -0.0821. The Balaban J connectivity index is 2.63. The Morgan fingerprint density at radius 2 is 2.25 bits per heavy atom. The van der Waals surface area contributed by atoms with Gasteiger partial charge in [0.2, 0.25) is 11.7 Å². The van der Waals surface area contributed by atoms with E-state index in [-0.39, 0.29) is 24.3 Å². The predicted octanol–water partition coefficient (Wildman–Crippen LogP) is 0.589. The first-order valence-electron chi connectivity index (χ1n) is 6.51. The van der Waals surface area contributed by atoms with Crippen molar-refractivity contribution in [3.8, 4) is 0 Å². The van der Waals surface area contributed by atoms with Gasteiger partial charge in [-0.25, -0.2) is 0 Å². The van der Waals surface area contributed by atoms with Gasteiger partial charge in [0.15, 0.2) is 0 Å². The van der Waals surface area contributed by atoms with Crippen LogP contribution in [0.1, 0.15) is 26.1 Å². The minimum atomic E-state index is -0.581. The third kappa shape index (κ3) is 4.61. The van der Waals surface area contributed by atoms with Crippen LogP contribution in [-0.2, 0) is 11.3 Å². The fraction of sp³-hybridized carbons (Fsp3) is 0.667. The van der Waals surface area contributed by atoms with Gasteiger partial charge in [0.1, 0.15) is 12.7 Å². The molecule has 1 aromatic heterocycles. The first-order valence-corrected chi connectivity index (χ1v) is 6.51. The standard InChI is InChI=1S/C12H21N5O3/c1-8(2)4-10(5-13)15-12(18)7-16-6-11(17(19)20)14-9(16)3/h6,8,10H,4-5,7,13H2,1-3H3,(H,15,18). The van der Waals surface area contributed by atoms with Gasteiger partial charge in [0.25, 0.3) is 0 Å². The molecule has 8 nitrogen and oxygen atoms in total. The molecule has 8 heteroatoms. The van der Waals surface area contributed by atoms with Crippen LogP contribution in [0.2, 0.25) is 0 Å². The lowest BCUT2D eigenvalue weighted by Gasteiger charge is -2.18. The van der Waals surface area contributed by atoms with E-state index in [0.717, 1.165) is 6.42 Å². The highest BCUT2D eigenvalue weighted by atomic mass is 16.6. The number of rotatable bonds is 7. The zero-order valence-corrected chi connectivity index (χ0v) is 12.0. The Hall–Kier alpha value is -1.96. The van der Waals surface area contributed by atoms with E-state index >= 15 is 0 Å².